The van der Waals surface area contributed by atoms with E-state index in [1.54, 1.807) is 24.5 Å². The maximum atomic E-state index is 12.3. The zero-order chi connectivity index (χ0) is 30.6. The summed E-state index contributed by atoms with van der Waals surface area (Å²) in [5, 5.41) is 19.3. The van der Waals surface area contributed by atoms with Crippen LogP contribution in [0.1, 0.15) is 73.6 Å². The summed E-state index contributed by atoms with van der Waals surface area (Å²) in [5.74, 6) is 0.211. The van der Waals surface area contributed by atoms with Crippen molar-refractivity contribution >= 4 is 40.4 Å². The van der Waals surface area contributed by atoms with Gasteiger partial charge in [-0.2, -0.15) is 10.5 Å². The number of halogens is 1. The van der Waals surface area contributed by atoms with Gasteiger partial charge in [-0.3, -0.25) is 9.59 Å². The van der Waals surface area contributed by atoms with Crippen LogP contribution in [0.2, 0.25) is 5.15 Å². The Morgan fingerprint density at radius 2 is 1.14 bits per heavy atom. The molecule has 0 aromatic carbocycles. The number of aromatic nitrogens is 2. The van der Waals surface area contributed by atoms with Crippen molar-refractivity contribution in [2.75, 3.05) is 31.9 Å². The van der Waals surface area contributed by atoms with Crippen molar-refractivity contribution in [3.05, 3.63) is 63.1 Å². The number of fused-ring (bicyclic) bond motifs is 2. The Labute approximate surface area is 262 Å². The van der Waals surface area contributed by atoms with E-state index in [1.807, 2.05) is 0 Å². The molecule has 44 heavy (non-hydrogen) atoms. The van der Waals surface area contributed by atoms with Gasteiger partial charge >= 0.3 is 0 Å². The van der Waals surface area contributed by atoms with Crippen LogP contribution in [-0.4, -0.2) is 57.5 Å². The molecule has 0 unspecified atom stereocenters. The van der Waals surface area contributed by atoms with Crippen LogP contribution in [0.3, 0.4) is 0 Å². The molecule has 4 fully saturated rings. The van der Waals surface area contributed by atoms with Crippen LogP contribution in [0.15, 0.2) is 35.7 Å². The number of hydrogen-bond acceptors (Lipinski definition) is 9. The van der Waals surface area contributed by atoms with E-state index < -0.39 is 0 Å². The summed E-state index contributed by atoms with van der Waals surface area (Å²) in [6, 6.07) is 7.84. The highest BCUT2D eigenvalue weighted by molar-refractivity contribution is 6.29. The van der Waals surface area contributed by atoms with Crippen molar-refractivity contribution in [2.45, 2.75) is 64.2 Å². The third kappa shape index (κ3) is 5.14. The third-order valence-electron chi connectivity index (χ3n) is 10.6. The molecule has 0 radical (unpaired) electrons. The van der Waals surface area contributed by atoms with Crippen LogP contribution < -0.4 is 5.73 Å². The van der Waals surface area contributed by atoms with Gasteiger partial charge in [-0.1, -0.05) is 11.6 Å². The highest BCUT2D eigenvalue weighted by Gasteiger charge is 2.46. The zero-order valence-electron chi connectivity index (χ0n) is 24.7. The Morgan fingerprint density at radius 3 is 1.57 bits per heavy atom. The number of carbonyl (C=O) groups excluding carboxylic acids is 2. The van der Waals surface area contributed by atoms with Crippen LogP contribution in [0, 0.1) is 33.5 Å². The van der Waals surface area contributed by atoms with E-state index in [0.29, 0.717) is 21.8 Å². The Morgan fingerprint density at radius 1 is 0.705 bits per heavy atom. The Balaban J connectivity index is 0.000000142. The molecule has 2 saturated carbocycles. The number of anilines is 1. The van der Waals surface area contributed by atoms with Gasteiger partial charge in [0.1, 0.15) is 34.3 Å². The van der Waals surface area contributed by atoms with E-state index in [2.05, 4.69) is 31.9 Å². The predicted molar refractivity (Wildman–Crippen MR) is 165 cm³/mol. The van der Waals surface area contributed by atoms with Gasteiger partial charge in [-0.15, -0.1) is 0 Å². The average Bonchev–Trinajstić information content (AvgIpc) is 3.96. The molecule has 224 valence electrons. The fraction of sp³-hybridized carbons (Fsp3) is 0.471. The number of allylic oxidation sites excluding steroid dienone is 2. The molecule has 2 spiro atoms. The molecule has 0 atom stereocenters. The molecule has 8 rings (SSSR count). The molecule has 0 bridgehead atoms. The number of ketones is 2. The maximum absolute atomic E-state index is 12.3. The molecule has 0 amide bonds. The lowest BCUT2D eigenvalue weighted by atomic mass is 9.86. The molecule has 2 aliphatic heterocycles. The van der Waals surface area contributed by atoms with Gasteiger partial charge in [-0.25, -0.2) is 9.97 Å². The lowest BCUT2D eigenvalue weighted by molar-refractivity contribution is -0.115. The topological polar surface area (TPSA) is 140 Å². The van der Waals surface area contributed by atoms with Gasteiger partial charge in [0.2, 0.25) is 0 Å². The molecule has 9 nitrogen and oxygen atoms in total. The molecule has 6 aliphatic rings. The first kappa shape index (κ1) is 28.6. The lowest BCUT2D eigenvalue weighted by Crippen LogP contribution is -2.36. The number of rotatable bonds is 2. The second-order valence-electron chi connectivity index (χ2n) is 13.3. The third-order valence-corrected chi connectivity index (χ3v) is 10.8. The second-order valence-corrected chi connectivity index (χ2v) is 13.7. The van der Waals surface area contributed by atoms with Crippen LogP contribution in [0.25, 0.3) is 11.4 Å². The number of pyridine rings is 2. The molecule has 4 aliphatic carbocycles. The SMILES string of the molecule is N#CC1=C(N2CCC3(CC2)CC3)c2cc(Cl)ncc2CC1=O.N#CC1=C(N2CCC3(CC2)CC3)c2cc(N)ncc2CC1=O. The van der Waals surface area contributed by atoms with Gasteiger partial charge < -0.3 is 15.5 Å². The van der Waals surface area contributed by atoms with Crippen molar-refractivity contribution < 1.29 is 9.59 Å². The van der Waals surface area contributed by atoms with Crippen molar-refractivity contribution in [1.29, 1.82) is 10.5 Å². The fourth-order valence-corrected chi connectivity index (χ4v) is 7.55. The Hall–Kier alpha value is -4.21. The molecule has 2 aromatic rings. The number of hydrogen-bond donors (Lipinski definition) is 1. The average molecular weight is 608 g/mol. The Kier molecular flexibility index (Phi) is 6.98. The van der Waals surface area contributed by atoms with Crippen molar-refractivity contribution in [1.82, 2.24) is 19.8 Å². The number of carbonyl (C=O) groups is 2. The number of Topliss-reactive ketones (excluding diaryl/α,β-unsaturated/α-hetero) is 2. The summed E-state index contributed by atoms with van der Waals surface area (Å²) in [6.45, 7) is 3.64. The number of likely N-dealkylation sites (tertiary alicyclic amines) is 2. The summed E-state index contributed by atoms with van der Waals surface area (Å²) in [5.41, 5.74) is 12.6. The van der Waals surface area contributed by atoms with E-state index in [1.165, 1.54) is 25.7 Å². The van der Waals surface area contributed by atoms with Crippen molar-refractivity contribution in [3.8, 4) is 12.1 Å². The molecular weight excluding hydrogens is 574 g/mol. The first-order valence-corrected chi connectivity index (χ1v) is 15.9. The van der Waals surface area contributed by atoms with E-state index in [-0.39, 0.29) is 35.6 Å². The molecule has 2 N–H and O–H groups in total. The predicted octanol–water partition coefficient (Wildman–Crippen LogP) is 4.87. The molecule has 10 heteroatoms. The standard InChI is InChI=1S/C17H16ClN3O.C17H18N4O/c18-15-8-12-11(10-20-15)7-14(22)13(9-19)16(12)21-5-3-17(1-2-17)4-6-21;18-9-13-14(22)7-11-10-20-15(19)8-12(11)16(13)21-5-3-17(1-2-17)4-6-21/h8,10H,1-7H2;8,10H,1-7H2,(H2,19,20). The molecule has 4 heterocycles. The van der Waals surface area contributed by atoms with Gasteiger partial charge in [0.25, 0.3) is 0 Å². The summed E-state index contributed by atoms with van der Waals surface area (Å²) >= 11 is 6.04. The smallest absolute Gasteiger partial charge is 0.179 e. The molecular formula is C34H34ClN7O2. The summed E-state index contributed by atoms with van der Waals surface area (Å²) in [4.78, 5) is 37.2. The number of nitriles is 2. The Bertz CT molecular complexity index is 1590. The van der Waals surface area contributed by atoms with E-state index in [4.69, 9.17) is 17.3 Å². The van der Waals surface area contributed by atoms with Gasteiger partial charge in [0.15, 0.2) is 11.6 Å². The minimum Gasteiger partial charge on any atom is -0.384 e. The van der Waals surface area contributed by atoms with Crippen LogP contribution in [0.4, 0.5) is 5.82 Å². The summed E-state index contributed by atoms with van der Waals surface area (Å²) in [7, 11) is 0. The van der Waals surface area contributed by atoms with Crippen LogP contribution in [0.5, 0.6) is 0 Å². The highest BCUT2D eigenvalue weighted by Crippen LogP contribution is 2.55. The van der Waals surface area contributed by atoms with E-state index >= 15 is 0 Å². The molecule has 2 aromatic heterocycles. The second kappa shape index (κ2) is 10.7. The lowest BCUT2D eigenvalue weighted by Gasteiger charge is -2.37. The van der Waals surface area contributed by atoms with Crippen molar-refractivity contribution in [3.63, 3.8) is 0 Å². The first-order chi connectivity index (χ1) is 21.2. The normalized spacial score (nSPS) is 22.5. The minimum absolute atomic E-state index is 0.108. The minimum atomic E-state index is -0.110. The van der Waals surface area contributed by atoms with Crippen molar-refractivity contribution in [2.24, 2.45) is 10.8 Å². The van der Waals surface area contributed by atoms with Gasteiger partial charge in [0.05, 0.1) is 11.4 Å². The summed E-state index contributed by atoms with van der Waals surface area (Å²) in [6.07, 6.45) is 13.7. The highest BCUT2D eigenvalue weighted by atomic mass is 35.5. The van der Waals surface area contributed by atoms with Crippen LogP contribution in [-0.2, 0) is 22.4 Å². The zero-order valence-corrected chi connectivity index (χ0v) is 25.4. The fourth-order valence-electron chi connectivity index (χ4n) is 7.39. The number of nitrogens with zero attached hydrogens (tertiary/aromatic N) is 6. The largest absolute Gasteiger partial charge is 0.384 e. The van der Waals surface area contributed by atoms with Gasteiger partial charge in [-0.05, 0) is 85.5 Å². The monoisotopic (exact) mass is 607 g/mol. The number of nitrogen functional groups attached to an aromatic ring is 1. The maximum Gasteiger partial charge on any atom is 0.179 e. The number of piperidine rings is 2. The molecule has 2 saturated heterocycles. The van der Waals surface area contributed by atoms with Gasteiger partial charge in [0, 0.05) is 62.5 Å². The summed E-state index contributed by atoms with van der Waals surface area (Å²) < 4.78 is 0. The van der Waals surface area contributed by atoms with Crippen LogP contribution >= 0.6 is 11.6 Å². The quantitative estimate of drug-likeness (QED) is 0.473. The first-order valence-electron chi connectivity index (χ1n) is 15.5. The number of nitrogens with two attached hydrogens (primary N) is 1. The van der Waals surface area contributed by atoms with E-state index in [0.717, 1.165) is 85.5 Å². The van der Waals surface area contributed by atoms with E-state index in [9.17, 15) is 20.1 Å².